The highest BCUT2D eigenvalue weighted by Gasteiger charge is 2.32. The van der Waals surface area contributed by atoms with Crippen molar-refractivity contribution in [1.82, 2.24) is 0 Å². The molecule has 2 radical (unpaired) electrons. The topological polar surface area (TPSA) is 39.8 Å². The van der Waals surface area contributed by atoms with Gasteiger partial charge in [0.15, 0.2) is 11.5 Å². The summed E-state index contributed by atoms with van der Waals surface area (Å²) in [5, 5.41) is 30.4. The molecule has 4 aromatic carbocycles. The third-order valence-corrected chi connectivity index (χ3v) is 11.9. The number of fused-ring (bicyclic) bond motifs is 2. The van der Waals surface area contributed by atoms with E-state index in [-0.39, 0.29) is 33.2 Å². The van der Waals surface area contributed by atoms with Crippen LogP contribution in [0.3, 0.4) is 0 Å². The maximum atomic E-state index is 14.0. The molecule has 6 rings (SSSR count). The molecule has 0 aliphatic carbocycles. The van der Waals surface area contributed by atoms with Gasteiger partial charge in [0.25, 0.3) is 0 Å². The number of hydrogen-bond donors (Lipinski definition) is 0. The van der Waals surface area contributed by atoms with Gasteiger partial charge in [-0.05, 0) is 69.2 Å². The second-order valence-electron chi connectivity index (χ2n) is 17.4. The maximum absolute atomic E-state index is 14.0. The maximum Gasteiger partial charge on any atom is 0.186 e. The zero-order valence-corrected chi connectivity index (χ0v) is 32.2. The smallest absolute Gasteiger partial charge is 0.186 e. The number of benzene rings is 4. The normalized spacial score (nSPS) is 13.2. The molecule has 0 saturated carbocycles. The van der Waals surface area contributed by atoms with Gasteiger partial charge in [0.05, 0.1) is 9.75 Å². The highest BCUT2D eigenvalue weighted by atomic mass is 32.1. The number of hydrogen-bond acceptors (Lipinski definition) is 2. The molecule has 0 spiro atoms. The first-order valence-electron chi connectivity index (χ1n) is 16.9. The van der Waals surface area contributed by atoms with Crippen LogP contribution < -0.4 is 0 Å². The van der Waals surface area contributed by atoms with Gasteiger partial charge in [-0.3, -0.25) is 10.2 Å². The van der Waals surface area contributed by atoms with Crippen molar-refractivity contribution in [2.45, 2.75) is 105 Å². The van der Waals surface area contributed by atoms with Crippen LogP contribution in [-0.4, -0.2) is 0 Å². The minimum atomic E-state index is -0.311. The Balaban J connectivity index is 1.77. The molecule has 2 heterocycles. The van der Waals surface area contributed by atoms with E-state index < -0.39 is 0 Å². The summed E-state index contributed by atoms with van der Waals surface area (Å²) in [5.74, 6) is 0.286. The third kappa shape index (κ3) is 5.96. The van der Waals surface area contributed by atoms with Crippen LogP contribution in [0.25, 0.3) is 52.2 Å². The van der Waals surface area contributed by atoms with Crippen molar-refractivity contribution in [2.75, 3.05) is 0 Å². The lowest BCUT2D eigenvalue weighted by atomic mass is 9.77. The van der Waals surface area contributed by atoms with E-state index in [0.29, 0.717) is 0 Å². The zero-order chi connectivity index (χ0) is 35.1. The molecule has 0 aliphatic heterocycles. The summed E-state index contributed by atoms with van der Waals surface area (Å²) >= 11 is 3.64. The molecule has 0 saturated heterocycles. The summed E-state index contributed by atoms with van der Waals surface area (Å²) in [5.41, 5.74) is 6.65. The van der Waals surface area contributed by atoms with Crippen molar-refractivity contribution in [1.29, 1.82) is 0 Å². The zero-order valence-electron chi connectivity index (χ0n) is 30.6. The van der Waals surface area contributed by atoms with E-state index in [4.69, 9.17) is 0 Å². The van der Waals surface area contributed by atoms with Gasteiger partial charge in [0, 0.05) is 53.6 Å². The molecule has 0 unspecified atom stereocenters. The Morgan fingerprint density at radius 3 is 0.958 bits per heavy atom. The Morgan fingerprint density at radius 2 is 0.688 bits per heavy atom. The average molecular weight is 673 g/mol. The van der Waals surface area contributed by atoms with Crippen LogP contribution in [-0.2, 0) is 31.9 Å². The summed E-state index contributed by atoms with van der Waals surface area (Å²) in [6.45, 7) is 25.6. The van der Waals surface area contributed by atoms with Crippen molar-refractivity contribution in [2.24, 2.45) is 0 Å². The summed E-state index contributed by atoms with van der Waals surface area (Å²) < 4.78 is 2.43. The molecule has 48 heavy (non-hydrogen) atoms. The number of rotatable bonds is 3. The van der Waals surface area contributed by atoms with Crippen LogP contribution >= 0.6 is 22.7 Å². The molecule has 0 amide bonds. The van der Waals surface area contributed by atoms with Crippen molar-refractivity contribution in [3.8, 4) is 43.5 Å². The van der Waals surface area contributed by atoms with E-state index in [0.717, 1.165) is 33.4 Å². The van der Waals surface area contributed by atoms with E-state index >= 15 is 0 Å². The molecule has 2 aromatic heterocycles. The molecule has 2 nitrogen and oxygen atoms in total. The first-order chi connectivity index (χ1) is 22.2. The van der Waals surface area contributed by atoms with E-state index in [1.807, 2.05) is 22.7 Å². The van der Waals surface area contributed by atoms with Gasteiger partial charge in [-0.25, -0.2) is 0 Å². The predicted molar refractivity (Wildman–Crippen MR) is 209 cm³/mol. The molecule has 0 N–H and O–H groups in total. The Hall–Kier alpha value is -3.60. The minimum absolute atomic E-state index is 0.143. The van der Waals surface area contributed by atoms with Gasteiger partial charge in [-0.1, -0.05) is 119 Å². The van der Waals surface area contributed by atoms with Crippen LogP contribution in [0.5, 0.6) is 11.5 Å². The fraction of sp³-hybridized carbons (Fsp3) is 0.364. The third-order valence-electron chi connectivity index (χ3n) is 9.38. The van der Waals surface area contributed by atoms with E-state index in [1.165, 1.54) is 41.1 Å². The van der Waals surface area contributed by atoms with Gasteiger partial charge in [-0.2, -0.15) is 0 Å². The second kappa shape index (κ2) is 11.5. The first-order valence-corrected chi connectivity index (χ1v) is 18.6. The van der Waals surface area contributed by atoms with Crippen molar-refractivity contribution in [3.05, 3.63) is 95.1 Å². The van der Waals surface area contributed by atoms with Crippen molar-refractivity contribution >= 4 is 42.8 Å². The van der Waals surface area contributed by atoms with Crippen LogP contribution in [0.2, 0.25) is 0 Å². The lowest BCUT2D eigenvalue weighted by Crippen LogP contribution is -2.17. The Labute approximate surface area is 295 Å². The van der Waals surface area contributed by atoms with Crippen molar-refractivity contribution < 1.29 is 10.2 Å². The van der Waals surface area contributed by atoms with Crippen LogP contribution in [0.4, 0.5) is 0 Å². The summed E-state index contributed by atoms with van der Waals surface area (Å²) in [6.07, 6.45) is 0. The van der Waals surface area contributed by atoms with Gasteiger partial charge < -0.3 is 0 Å². The summed E-state index contributed by atoms with van der Waals surface area (Å²) in [6, 6.07) is 25.9. The van der Waals surface area contributed by atoms with Crippen LogP contribution in [0.15, 0.2) is 72.8 Å². The van der Waals surface area contributed by atoms with Crippen LogP contribution in [0.1, 0.15) is 105 Å². The van der Waals surface area contributed by atoms with Crippen LogP contribution in [0, 0.1) is 0 Å². The molecule has 0 aliphatic rings. The number of thiophene rings is 2. The second-order valence-corrected chi connectivity index (χ2v) is 19.5. The average Bonchev–Trinajstić information content (AvgIpc) is 3.54. The fourth-order valence-electron chi connectivity index (χ4n) is 6.76. The van der Waals surface area contributed by atoms with Gasteiger partial charge >= 0.3 is 0 Å². The quantitative estimate of drug-likeness (QED) is 0.179. The molecular formula is C44H48O2S2. The lowest BCUT2D eigenvalue weighted by Gasteiger charge is -2.27. The highest BCUT2D eigenvalue weighted by molar-refractivity contribution is 7.29. The molecule has 0 fully saturated rings. The fourth-order valence-corrected chi connectivity index (χ4v) is 9.35. The van der Waals surface area contributed by atoms with E-state index in [9.17, 15) is 10.2 Å². The largest absolute Gasteiger partial charge is 0.289 e. The Morgan fingerprint density at radius 1 is 0.417 bits per heavy atom. The molecule has 0 atom stereocenters. The van der Waals surface area contributed by atoms with Crippen molar-refractivity contribution in [3.63, 3.8) is 0 Å². The molecular weight excluding hydrogens is 625 g/mol. The first kappa shape index (κ1) is 34.3. The lowest BCUT2D eigenvalue weighted by molar-refractivity contribution is 0.326. The summed E-state index contributed by atoms with van der Waals surface area (Å²) in [4.78, 5) is 2.40. The summed E-state index contributed by atoms with van der Waals surface area (Å²) in [7, 11) is 0. The van der Waals surface area contributed by atoms with Gasteiger partial charge in [-0.15, -0.1) is 22.7 Å². The predicted octanol–water partition coefficient (Wildman–Crippen LogP) is 14.6. The molecule has 248 valence electrons. The van der Waals surface area contributed by atoms with E-state index in [1.54, 1.807) is 0 Å². The SMILES string of the molecule is CC(C)(C)c1cc(-c2c(-c3sc4ccccc4c3-c3cc(C(C)(C)C)c([O])c(C(C)(C)C)c3)sc3ccccc23)cc(C(C)(C)C)c1[O]. The molecule has 4 heteroatoms. The van der Waals surface area contributed by atoms with E-state index in [2.05, 4.69) is 156 Å². The Bertz CT molecular complexity index is 1950. The van der Waals surface area contributed by atoms with Gasteiger partial charge in [0.2, 0.25) is 0 Å². The minimum Gasteiger partial charge on any atom is -0.289 e. The molecule has 0 bridgehead atoms. The standard InChI is InChI=1S/C44H48O2S2/c1-41(2,3)29-21-25(22-30(37(29)45)42(4,5)6)35-27-17-13-15-19-33(27)47-39(35)40-36(28-18-14-16-20-34(28)48-40)26-23-31(43(7,8)9)38(46)32(24-26)44(10,11)12/h13-24H,1-12H3. The Kier molecular flexibility index (Phi) is 8.20. The van der Waals surface area contributed by atoms with Gasteiger partial charge in [0.1, 0.15) is 0 Å². The molecule has 6 aromatic rings. The monoisotopic (exact) mass is 672 g/mol. The highest BCUT2D eigenvalue weighted by Crippen LogP contribution is 2.55.